The molecular formula is C26H35NO3. The van der Waals surface area contributed by atoms with Crippen molar-refractivity contribution in [1.82, 2.24) is 0 Å². The van der Waals surface area contributed by atoms with Gasteiger partial charge in [0.15, 0.2) is 17.3 Å². The third kappa shape index (κ3) is 2.13. The maximum absolute atomic E-state index is 6.55. The van der Waals surface area contributed by atoms with Crippen LogP contribution < -0.4 is 0 Å². The number of ether oxygens (including phenoxy) is 3. The third-order valence-electron chi connectivity index (χ3n) is 9.87. The summed E-state index contributed by atoms with van der Waals surface area (Å²) < 4.78 is 18.7. The smallest absolute Gasteiger partial charge is 0.186 e. The summed E-state index contributed by atoms with van der Waals surface area (Å²) in [6, 6.07) is 0. The number of allylic oxidation sites excluding steroid dienone is 3. The van der Waals surface area contributed by atoms with Gasteiger partial charge in [-0.3, -0.25) is 0 Å². The van der Waals surface area contributed by atoms with Crippen LogP contribution in [0.1, 0.15) is 66.2 Å². The molecule has 30 heavy (non-hydrogen) atoms. The van der Waals surface area contributed by atoms with Crippen LogP contribution in [0.4, 0.5) is 0 Å². The summed E-state index contributed by atoms with van der Waals surface area (Å²) in [5.74, 6) is 2.07. The van der Waals surface area contributed by atoms with E-state index >= 15 is 0 Å². The van der Waals surface area contributed by atoms with Gasteiger partial charge < -0.3 is 14.2 Å². The van der Waals surface area contributed by atoms with Crippen LogP contribution in [0.2, 0.25) is 0 Å². The molecule has 3 fully saturated rings. The minimum Gasteiger partial charge on any atom is -0.467 e. The average Bonchev–Trinajstić information content (AvgIpc) is 3.34. The molecule has 4 heteroatoms. The van der Waals surface area contributed by atoms with Gasteiger partial charge in [-0.25, -0.2) is 4.99 Å². The largest absolute Gasteiger partial charge is 0.467 e. The average molecular weight is 410 g/mol. The fourth-order valence-electron chi connectivity index (χ4n) is 8.41. The second kappa shape index (κ2) is 5.89. The van der Waals surface area contributed by atoms with Crippen molar-refractivity contribution in [2.24, 2.45) is 33.6 Å². The van der Waals surface area contributed by atoms with Gasteiger partial charge >= 0.3 is 0 Å². The summed E-state index contributed by atoms with van der Waals surface area (Å²) >= 11 is 0. The van der Waals surface area contributed by atoms with E-state index in [2.05, 4.69) is 44.5 Å². The molecule has 2 saturated carbocycles. The highest BCUT2D eigenvalue weighted by molar-refractivity contribution is 5.78. The quantitative estimate of drug-likeness (QED) is 0.492. The van der Waals surface area contributed by atoms with E-state index in [1.807, 2.05) is 6.92 Å². The molecule has 2 spiro atoms. The number of hydrogen-bond donors (Lipinski definition) is 0. The molecule has 6 rings (SSSR count). The van der Waals surface area contributed by atoms with Crippen LogP contribution in [-0.4, -0.2) is 30.5 Å². The van der Waals surface area contributed by atoms with E-state index in [4.69, 9.17) is 14.2 Å². The molecule has 1 saturated heterocycles. The summed E-state index contributed by atoms with van der Waals surface area (Å²) in [4.78, 5) is 4.67. The van der Waals surface area contributed by atoms with Crippen LogP contribution in [0.25, 0.3) is 0 Å². The van der Waals surface area contributed by atoms with Gasteiger partial charge in [-0.05, 0) is 37.5 Å². The number of fused-ring (bicyclic) bond motifs is 6. The fourth-order valence-corrected chi connectivity index (χ4v) is 8.41. The van der Waals surface area contributed by atoms with Crippen molar-refractivity contribution in [3.63, 3.8) is 0 Å². The Morgan fingerprint density at radius 1 is 1.13 bits per heavy atom. The van der Waals surface area contributed by atoms with E-state index in [1.54, 1.807) is 11.1 Å². The van der Waals surface area contributed by atoms with Crippen LogP contribution in [0.5, 0.6) is 0 Å². The van der Waals surface area contributed by atoms with Gasteiger partial charge in [0, 0.05) is 36.5 Å². The molecule has 0 aromatic heterocycles. The van der Waals surface area contributed by atoms with Crippen molar-refractivity contribution in [3.8, 4) is 0 Å². The molecular weight excluding hydrogens is 374 g/mol. The van der Waals surface area contributed by atoms with E-state index in [0.29, 0.717) is 17.8 Å². The van der Waals surface area contributed by atoms with Crippen LogP contribution >= 0.6 is 0 Å². The summed E-state index contributed by atoms with van der Waals surface area (Å²) in [7, 11) is 0. The molecule has 0 aromatic carbocycles. The zero-order valence-electron chi connectivity index (χ0n) is 18.9. The molecule has 0 aromatic rings. The van der Waals surface area contributed by atoms with Crippen LogP contribution in [0.3, 0.4) is 0 Å². The molecule has 2 aliphatic heterocycles. The van der Waals surface area contributed by atoms with Gasteiger partial charge in [0.1, 0.15) is 0 Å². The lowest BCUT2D eigenvalue weighted by molar-refractivity contribution is -0.175. The predicted octanol–water partition coefficient (Wildman–Crippen LogP) is 5.56. The van der Waals surface area contributed by atoms with E-state index < -0.39 is 0 Å². The SMILES string of the molecule is C=C1N=C(C)O[C@@]12[C@@H](C)CC1C3CC=C4CC5(CC[C@]4(C)C3=CC[C@@]12C)OCCO5. The first-order valence-electron chi connectivity index (χ1n) is 11.9. The van der Waals surface area contributed by atoms with Crippen LogP contribution in [0, 0.1) is 28.6 Å². The zero-order chi connectivity index (χ0) is 20.9. The van der Waals surface area contributed by atoms with E-state index in [9.17, 15) is 0 Å². The molecule has 6 aliphatic rings. The Balaban J connectivity index is 1.37. The Kier molecular flexibility index (Phi) is 3.79. The molecule has 4 nitrogen and oxygen atoms in total. The van der Waals surface area contributed by atoms with E-state index in [0.717, 1.165) is 56.9 Å². The van der Waals surface area contributed by atoms with Crippen molar-refractivity contribution in [1.29, 1.82) is 0 Å². The van der Waals surface area contributed by atoms with Gasteiger partial charge in [-0.15, -0.1) is 0 Å². The van der Waals surface area contributed by atoms with E-state index in [1.165, 1.54) is 6.42 Å². The summed E-state index contributed by atoms with van der Waals surface area (Å²) in [6.07, 6.45) is 11.6. The van der Waals surface area contributed by atoms with Crippen molar-refractivity contribution in [2.45, 2.75) is 77.6 Å². The molecule has 6 atom stereocenters. The van der Waals surface area contributed by atoms with Gasteiger partial charge in [0.25, 0.3) is 0 Å². The molecule has 0 N–H and O–H groups in total. The van der Waals surface area contributed by atoms with Gasteiger partial charge in [-0.1, -0.05) is 50.6 Å². The molecule has 0 radical (unpaired) electrons. The standard InChI is InChI=1S/C26H35NO3/c1-16-14-22-20-7-6-19-15-25(28-12-13-29-25)11-10-23(19,4)21(20)8-9-24(22,5)26(16)17(2)27-18(3)30-26/h6,8,16,20,22H,2,7,9-15H2,1,3-5H3/t16-,20?,22?,23-,24-,26-/m0/s1. The molecule has 162 valence electrons. The normalized spacial score (nSPS) is 48.6. The summed E-state index contributed by atoms with van der Waals surface area (Å²) in [6.45, 7) is 15.1. The van der Waals surface area contributed by atoms with Crippen molar-refractivity contribution in [2.75, 3.05) is 13.2 Å². The lowest BCUT2D eigenvalue weighted by Crippen LogP contribution is -2.53. The Hall–Kier alpha value is -1.39. The first-order valence-corrected chi connectivity index (χ1v) is 11.9. The highest BCUT2D eigenvalue weighted by atomic mass is 16.7. The lowest BCUT2D eigenvalue weighted by Gasteiger charge is -2.55. The molecule has 4 aliphatic carbocycles. The van der Waals surface area contributed by atoms with Crippen molar-refractivity contribution >= 4 is 5.90 Å². The van der Waals surface area contributed by atoms with Crippen LogP contribution in [-0.2, 0) is 14.2 Å². The second-order valence-corrected chi connectivity index (χ2v) is 11.1. The Bertz CT molecular complexity index is 909. The second-order valence-electron chi connectivity index (χ2n) is 11.1. The monoisotopic (exact) mass is 409 g/mol. The fraction of sp³-hybridized carbons (Fsp3) is 0.731. The number of aliphatic imine (C=N–C) groups is 1. The Morgan fingerprint density at radius 2 is 1.90 bits per heavy atom. The molecule has 0 amide bonds. The topological polar surface area (TPSA) is 40.0 Å². The minimum atomic E-state index is -0.349. The number of nitrogens with zero attached hydrogens (tertiary/aromatic N) is 1. The highest BCUT2D eigenvalue weighted by Crippen LogP contribution is 2.70. The zero-order valence-corrected chi connectivity index (χ0v) is 18.9. The molecule has 2 unspecified atom stereocenters. The maximum atomic E-state index is 6.55. The first-order chi connectivity index (χ1) is 14.2. The van der Waals surface area contributed by atoms with Gasteiger partial charge in [-0.2, -0.15) is 0 Å². The highest BCUT2D eigenvalue weighted by Gasteiger charge is 2.69. The Labute approximate surface area is 180 Å². The number of hydrogen-bond acceptors (Lipinski definition) is 4. The summed E-state index contributed by atoms with van der Waals surface area (Å²) in [5.41, 5.74) is 4.04. The van der Waals surface area contributed by atoms with Gasteiger partial charge in [0.2, 0.25) is 0 Å². The van der Waals surface area contributed by atoms with Gasteiger partial charge in [0.05, 0.1) is 18.9 Å². The predicted molar refractivity (Wildman–Crippen MR) is 117 cm³/mol. The minimum absolute atomic E-state index is 0.0498. The third-order valence-corrected chi connectivity index (χ3v) is 9.87. The first kappa shape index (κ1) is 19.3. The molecule has 2 heterocycles. The van der Waals surface area contributed by atoms with Crippen molar-refractivity contribution < 1.29 is 14.2 Å². The van der Waals surface area contributed by atoms with Crippen molar-refractivity contribution in [3.05, 3.63) is 35.6 Å². The molecule has 0 bridgehead atoms. The number of rotatable bonds is 0. The maximum Gasteiger partial charge on any atom is 0.186 e. The van der Waals surface area contributed by atoms with Crippen LogP contribution in [0.15, 0.2) is 40.6 Å². The summed E-state index contributed by atoms with van der Waals surface area (Å²) in [5, 5.41) is 0. The lowest BCUT2D eigenvalue weighted by atomic mass is 9.50. The Morgan fingerprint density at radius 3 is 2.60 bits per heavy atom. The van der Waals surface area contributed by atoms with E-state index in [-0.39, 0.29) is 22.2 Å².